The van der Waals surface area contributed by atoms with Gasteiger partial charge in [-0.05, 0) is 0 Å². The summed E-state index contributed by atoms with van der Waals surface area (Å²) in [5.74, 6) is -0.0486. The second kappa shape index (κ2) is 3.05. The molecular formula is C5H11N3O2. The molecule has 0 bridgehead atoms. The molecule has 0 saturated heterocycles. The number of hydrogen-bond acceptors (Lipinski definition) is 2. The maximum atomic E-state index is 10.2. The molecule has 1 amide bonds. The molecule has 5 heteroatoms. The highest BCUT2D eigenvalue weighted by Crippen LogP contribution is 1.88. The van der Waals surface area contributed by atoms with Crippen molar-refractivity contribution in [1.82, 2.24) is 9.80 Å². The van der Waals surface area contributed by atoms with Gasteiger partial charge < -0.3 is 10.0 Å². The molecule has 0 aromatic carbocycles. The summed E-state index contributed by atoms with van der Waals surface area (Å²) in [5, 5.41) is 15.5. The van der Waals surface area contributed by atoms with E-state index in [0.717, 1.165) is 4.90 Å². The van der Waals surface area contributed by atoms with Gasteiger partial charge in [-0.25, -0.2) is 4.79 Å². The Kier molecular flexibility index (Phi) is 2.66. The van der Waals surface area contributed by atoms with Crippen molar-refractivity contribution in [1.29, 1.82) is 5.41 Å². The van der Waals surface area contributed by atoms with E-state index in [4.69, 9.17) is 10.5 Å². The monoisotopic (exact) mass is 145 g/mol. The van der Waals surface area contributed by atoms with Crippen LogP contribution in [0.1, 0.15) is 0 Å². The number of carboxylic acid groups (broad SMARTS) is 1. The van der Waals surface area contributed by atoms with Gasteiger partial charge in [0, 0.05) is 21.1 Å². The zero-order valence-corrected chi connectivity index (χ0v) is 6.25. The fourth-order valence-electron chi connectivity index (χ4n) is 0.391. The van der Waals surface area contributed by atoms with Crippen LogP contribution in [-0.2, 0) is 0 Å². The minimum atomic E-state index is -1.13. The molecule has 0 unspecified atom stereocenters. The van der Waals surface area contributed by atoms with Gasteiger partial charge in [0.2, 0.25) is 5.96 Å². The third-order valence-electron chi connectivity index (χ3n) is 1.03. The van der Waals surface area contributed by atoms with Crippen LogP contribution in [0.5, 0.6) is 0 Å². The van der Waals surface area contributed by atoms with E-state index in [1.54, 1.807) is 14.1 Å². The van der Waals surface area contributed by atoms with E-state index in [1.807, 2.05) is 0 Å². The van der Waals surface area contributed by atoms with Crippen molar-refractivity contribution in [2.75, 3.05) is 21.1 Å². The summed E-state index contributed by atoms with van der Waals surface area (Å²) >= 11 is 0. The minimum absolute atomic E-state index is 0.0486. The van der Waals surface area contributed by atoms with Gasteiger partial charge >= 0.3 is 6.09 Å². The maximum Gasteiger partial charge on any atom is 0.413 e. The molecule has 0 saturated carbocycles. The minimum Gasteiger partial charge on any atom is -0.465 e. The Balaban J connectivity index is 4.08. The molecule has 0 aromatic heterocycles. The lowest BCUT2D eigenvalue weighted by Gasteiger charge is -2.19. The third kappa shape index (κ3) is 1.93. The first-order valence-electron chi connectivity index (χ1n) is 2.69. The number of nitrogens with one attached hydrogen (secondary N) is 1. The molecule has 0 spiro atoms. The van der Waals surface area contributed by atoms with Crippen LogP contribution in [0, 0.1) is 5.41 Å². The average Bonchev–Trinajstić information content (AvgIpc) is 1.84. The quantitative estimate of drug-likeness (QED) is 0.375. The van der Waals surface area contributed by atoms with Crippen molar-refractivity contribution >= 4 is 12.1 Å². The molecule has 0 heterocycles. The zero-order chi connectivity index (χ0) is 8.31. The van der Waals surface area contributed by atoms with Gasteiger partial charge in [-0.3, -0.25) is 10.3 Å². The fraction of sp³-hybridized carbons (Fsp3) is 0.600. The first-order valence-corrected chi connectivity index (χ1v) is 2.69. The van der Waals surface area contributed by atoms with Crippen LogP contribution < -0.4 is 0 Å². The average molecular weight is 145 g/mol. The van der Waals surface area contributed by atoms with Gasteiger partial charge in [0.25, 0.3) is 0 Å². The third-order valence-corrected chi connectivity index (χ3v) is 1.03. The molecule has 0 radical (unpaired) electrons. The Morgan fingerprint density at radius 3 is 1.90 bits per heavy atom. The molecule has 0 aliphatic heterocycles. The topological polar surface area (TPSA) is 67.6 Å². The molecular weight excluding hydrogens is 134 g/mol. The highest BCUT2D eigenvalue weighted by atomic mass is 16.4. The Bertz CT molecular complexity index is 155. The number of carbonyl (C=O) groups is 1. The van der Waals surface area contributed by atoms with Gasteiger partial charge in [0.15, 0.2) is 0 Å². The van der Waals surface area contributed by atoms with Crippen LogP contribution in [0.3, 0.4) is 0 Å². The van der Waals surface area contributed by atoms with E-state index in [0.29, 0.717) is 0 Å². The van der Waals surface area contributed by atoms with Crippen molar-refractivity contribution in [3.63, 3.8) is 0 Å². The van der Waals surface area contributed by atoms with Gasteiger partial charge in [-0.15, -0.1) is 0 Å². The second-order valence-corrected chi connectivity index (χ2v) is 2.06. The molecule has 2 N–H and O–H groups in total. The lowest BCUT2D eigenvalue weighted by atomic mass is 10.7. The predicted molar refractivity (Wildman–Crippen MR) is 37.2 cm³/mol. The second-order valence-electron chi connectivity index (χ2n) is 2.06. The maximum absolute atomic E-state index is 10.2. The highest BCUT2D eigenvalue weighted by molar-refractivity contribution is 5.90. The van der Waals surface area contributed by atoms with Crippen molar-refractivity contribution in [2.45, 2.75) is 0 Å². The first-order chi connectivity index (χ1) is 4.46. The van der Waals surface area contributed by atoms with Gasteiger partial charge in [-0.1, -0.05) is 0 Å². The van der Waals surface area contributed by atoms with Crippen LogP contribution in [0.2, 0.25) is 0 Å². The fourth-order valence-corrected chi connectivity index (χ4v) is 0.391. The number of guanidine groups is 1. The van der Waals surface area contributed by atoms with Gasteiger partial charge in [-0.2, -0.15) is 0 Å². The lowest BCUT2D eigenvalue weighted by Crippen LogP contribution is -2.40. The van der Waals surface area contributed by atoms with Gasteiger partial charge in [0.1, 0.15) is 0 Å². The van der Waals surface area contributed by atoms with E-state index in [9.17, 15) is 4.79 Å². The standard InChI is InChI=1S/C5H11N3O2/c1-7(2)4(6)8(3)5(9)10/h6H,1-3H3,(H,9,10). The number of hydrogen-bond donors (Lipinski definition) is 2. The summed E-state index contributed by atoms with van der Waals surface area (Å²) in [5.41, 5.74) is 0. The number of nitrogens with zero attached hydrogens (tertiary/aromatic N) is 2. The van der Waals surface area contributed by atoms with E-state index in [2.05, 4.69) is 0 Å². The molecule has 0 aliphatic rings. The van der Waals surface area contributed by atoms with E-state index in [1.165, 1.54) is 11.9 Å². The van der Waals surface area contributed by atoms with E-state index in [-0.39, 0.29) is 5.96 Å². The molecule has 0 rings (SSSR count). The van der Waals surface area contributed by atoms with Gasteiger partial charge in [0.05, 0.1) is 0 Å². The normalized spacial score (nSPS) is 8.70. The summed E-state index contributed by atoms with van der Waals surface area (Å²) in [7, 11) is 4.55. The largest absolute Gasteiger partial charge is 0.465 e. The Labute approximate surface area is 59.4 Å². The zero-order valence-electron chi connectivity index (χ0n) is 6.25. The molecule has 0 aliphatic carbocycles. The van der Waals surface area contributed by atoms with E-state index >= 15 is 0 Å². The van der Waals surface area contributed by atoms with Crippen LogP contribution >= 0.6 is 0 Å². The van der Waals surface area contributed by atoms with E-state index < -0.39 is 6.09 Å². The molecule has 10 heavy (non-hydrogen) atoms. The van der Waals surface area contributed by atoms with Crippen molar-refractivity contribution in [3.8, 4) is 0 Å². The Morgan fingerprint density at radius 2 is 1.80 bits per heavy atom. The number of rotatable bonds is 0. The molecule has 0 atom stereocenters. The summed E-state index contributed by atoms with van der Waals surface area (Å²) in [4.78, 5) is 12.4. The Hall–Kier alpha value is -1.26. The lowest BCUT2D eigenvalue weighted by molar-refractivity contribution is 0.172. The van der Waals surface area contributed by atoms with Crippen LogP contribution in [0.4, 0.5) is 4.79 Å². The first kappa shape index (κ1) is 8.74. The predicted octanol–water partition coefficient (Wildman–Crippen LogP) is 0.0926. The summed E-state index contributed by atoms with van der Waals surface area (Å²) in [6.07, 6.45) is -1.13. The SMILES string of the molecule is CN(C)C(=N)N(C)C(=O)O. The smallest absolute Gasteiger partial charge is 0.413 e. The summed E-state index contributed by atoms with van der Waals surface area (Å²) in [6.45, 7) is 0. The molecule has 5 nitrogen and oxygen atoms in total. The molecule has 0 fully saturated rings. The van der Waals surface area contributed by atoms with Crippen molar-refractivity contribution in [2.24, 2.45) is 0 Å². The molecule has 58 valence electrons. The van der Waals surface area contributed by atoms with Crippen molar-refractivity contribution < 1.29 is 9.90 Å². The summed E-state index contributed by atoms with van der Waals surface area (Å²) < 4.78 is 0. The number of amides is 1. The Morgan fingerprint density at radius 1 is 1.40 bits per heavy atom. The van der Waals surface area contributed by atoms with Crippen LogP contribution in [-0.4, -0.2) is 48.1 Å². The van der Waals surface area contributed by atoms with Crippen molar-refractivity contribution in [3.05, 3.63) is 0 Å². The van der Waals surface area contributed by atoms with Crippen LogP contribution in [0.15, 0.2) is 0 Å². The summed E-state index contributed by atoms with van der Waals surface area (Å²) in [6, 6.07) is 0. The van der Waals surface area contributed by atoms with Crippen LogP contribution in [0.25, 0.3) is 0 Å². The highest BCUT2D eigenvalue weighted by Gasteiger charge is 2.11. The molecule has 0 aromatic rings.